The number of amides is 2. The maximum absolute atomic E-state index is 12.8. The smallest absolute Gasteiger partial charge is 0.270 e. The predicted molar refractivity (Wildman–Crippen MR) is 111 cm³/mol. The average molecular weight is 451 g/mol. The number of anilines is 1. The number of hydrogen-bond donors (Lipinski definition) is 2. The lowest BCUT2D eigenvalue weighted by atomic mass is 10.2. The summed E-state index contributed by atoms with van der Waals surface area (Å²) in [5.41, 5.74) is 0.255. The summed E-state index contributed by atoms with van der Waals surface area (Å²) in [7, 11) is -3.56. The topological polar surface area (TPSA) is 132 Å². The highest BCUT2D eigenvalue weighted by atomic mass is 32.2. The fraction of sp³-hybridized carbons (Fsp3) is 0.526. The third kappa shape index (κ3) is 4.81. The van der Waals surface area contributed by atoms with Gasteiger partial charge < -0.3 is 19.7 Å². The van der Waals surface area contributed by atoms with E-state index in [1.54, 1.807) is 17.9 Å². The minimum absolute atomic E-state index is 0.121. The van der Waals surface area contributed by atoms with Crippen molar-refractivity contribution >= 4 is 27.7 Å². The van der Waals surface area contributed by atoms with Crippen molar-refractivity contribution in [2.24, 2.45) is 0 Å². The number of sulfonamides is 1. The van der Waals surface area contributed by atoms with Crippen LogP contribution in [0.15, 0.2) is 27.7 Å². The molecule has 0 aromatic carbocycles. The van der Waals surface area contributed by atoms with Gasteiger partial charge in [0.25, 0.3) is 5.91 Å². The summed E-state index contributed by atoms with van der Waals surface area (Å²) in [6, 6.07) is 3.05. The van der Waals surface area contributed by atoms with Crippen molar-refractivity contribution in [1.82, 2.24) is 24.2 Å². The number of hydrogen-bond acceptors (Lipinski definition) is 7. The van der Waals surface area contributed by atoms with Crippen LogP contribution >= 0.6 is 0 Å². The molecule has 12 heteroatoms. The van der Waals surface area contributed by atoms with Gasteiger partial charge >= 0.3 is 0 Å². The molecule has 0 bridgehead atoms. The molecule has 0 radical (unpaired) electrons. The van der Waals surface area contributed by atoms with Gasteiger partial charge in [0, 0.05) is 51.5 Å². The van der Waals surface area contributed by atoms with Crippen molar-refractivity contribution in [3.8, 4) is 0 Å². The van der Waals surface area contributed by atoms with Gasteiger partial charge in [-0.2, -0.15) is 4.31 Å². The number of aryl methyl sites for hydroxylation is 1. The minimum Gasteiger partial charge on any atom is -0.360 e. The van der Waals surface area contributed by atoms with Crippen LogP contribution in [0.5, 0.6) is 0 Å². The average Bonchev–Trinajstić information content (AvgIpc) is 3.50. The van der Waals surface area contributed by atoms with Crippen LogP contribution in [0.25, 0.3) is 0 Å². The van der Waals surface area contributed by atoms with Gasteiger partial charge in [0.2, 0.25) is 15.9 Å². The van der Waals surface area contributed by atoms with E-state index >= 15 is 0 Å². The Labute approximate surface area is 180 Å². The maximum Gasteiger partial charge on any atom is 0.270 e. The number of aromatic amines is 1. The molecule has 2 aliphatic heterocycles. The molecule has 0 aliphatic carbocycles. The molecule has 0 spiro atoms. The lowest BCUT2D eigenvalue weighted by Gasteiger charge is -2.34. The Bertz CT molecular complexity index is 1050. The second kappa shape index (κ2) is 8.81. The van der Waals surface area contributed by atoms with Crippen LogP contribution in [-0.4, -0.2) is 90.3 Å². The molecule has 0 unspecified atom stereocenters. The zero-order valence-electron chi connectivity index (χ0n) is 17.3. The SMILES string of the molecule is Cc1cc(NC(=O)CN2CCN(C(=O)c3cc(S(=O)(=O)N4CCCC4)c[nH]3)CC2)no1. The van der Waals surface area contributed by atoms with Crippen LogP contribution in [0.2, 0.25) is 0 Å². The van der Waals surface area contributed by atoms with Crippen molar-refractivity contribution in [2.75, 3.05) is 51.1 Å². The van der Waals surface area contributed by atoms with Crippen molar-refractivity contribution in [3.63, 3.8) is 0 Å². The van der Waals surface area contributed by atoms with Gasteiger partial charge in [-0.15, -0.1) is 0 Å². The minimum atomic E-state index is -3.56. The highest BCUT2D eigenvalue weighted by Gasteiger charge is 2.30. The zero-order valence-corrected chi connectivity index (χ0v) is 18.2. The molecule has 2 saturated heterocycles. The summed E-state index contributed by atoms with van der Waals surface area (Å²) in [5.74, 6) is 0.546. The van der Waals surface area contributed by atoms with Crippen LogP contribution in [-0.2, 0) is 14.8 Å². The van der Waals surface area contributed by atoms with E-state index in [4.69, 9.17) is 4.52 Å². The molecule has 2 aromatic heterocycles. The Morgan fingerprint density at radius 1 is 1.13 bits per heavy atom. The Morgan fingerprint density at radius 3 is 2.48 bits per heavy atom. The van der Waals surface area contributed by atoms with Gasteiger partial charge in [0.15, 0.2) is 5.82 Å². The number of carbonyl (C=O) groups excluding carboxylic acids is 2. The number of rotatable bonds is 6. The van der Waals surface area contributed by atoms with Gasteiger partial charge in [0.1, 0.15) is 16.3 Å². The fourth-order valence-electron chi connectivity index (χ4n) is 3.81. The van der Waals surface area contributed by atoms with Crippen molar-refractivity contribution in [2.45, 2.75) is 24.7 Å². The molecule has 2 amide bonds. The molecule has 2 N–H and O–H groups in total. The first kappa shape index (κ1) is 21.5. The number of nitrogens with zero attached hydrogens (tertiary/aromatic N) is 4. The van der Waals surface area contributed by atoms with Crippen molar-refractivity contribution < 1.29 is 22.5 Å². The molecular formula is C19H26N6O5S. The molecule has 168 valence electrons. The van der Waals surface area contributed by atoms with Crippen LogP contribution < -0.4 is 5.32 Å². The Balaban J connectivity index is 1.29. The van der Waals surface area contributed by atoms with Crippen LogP contribution in [0, 0.1) is 6.92 Å². The molecule has 2 aliphatic rings. The molecule has 4 heterocycles. The van der Waals surface area contributed by atoms with E-state index in [2.05, 4.69) is 15.5 Å². The van der Waals surface area contributed by atoms with Gasteiger partial charge in [0.05, 0.1) is 6.54 Å². The van der Waals surface area contributed by atoms with E-state index in [9.17, 15) is 18.0 Å². The number of nitrogens with one attached hydrogen (secondary N) is 2. The van der Waals surface area contributed by atoms with Crippen LogP contribution in [0.3, 0.4) is 0 Å². The highest BCUT2D eigenvalue weighted by molar-refractivity contribution is 7.89. The quantitative estimate of drug-likeness (QED) is 0.655. The Morgan fingerprint density at radius 2 is 1.84 bits per heavy atom. The molecular weight excluding hydrogens is 424 g/mol. The van der Waals surface area contributed by atoms with Gasteiger partial charge in [-0.25, -0.2) is 8.42 Å². The van der Waals surface area contributed by atoms with Crippen LogP contribution in [0.4, 0.5) is 5.82 Å². The van der Waals surface area contributed by atoms with Gasteiger partial charge in [-0.1, -0.05) is 5.16 Å². The Hall–Kier alpha value is -2.70. The van der Waals surface area contributed by atoms with Gasteiger partial charge in [-0.3, -0.25) is 14.5 Å². The third-order valence-corrected chi connectivity index (χ3v) is 7.39. The summed E-state index contributed by atoms with van der Waals surface area (Å²) in [5, 5.41) is 6.41. The largest absolute Gasteiger partial charge is 0.360 e. The molecule has 2 fully saturated rings. The second-order valence-electron chi connectivity index (χ2n) is 7.80. The second-order valence-corrected chi connectivity index (χ2v) is 9.74. The van der Waals surface area contributed by atoms with E-state index in [1.807, 2.05) is 4.90 Å². The first-order valence-electron chi connectivity index (χ1n) is 10.3. The number of aromatic nitrogens is 2. The zero-order chi connectivity index (χ0) is 22.0. The molecule has 0 saturated carbocycles. The molecule has 2 aromatic rings. The lowest BCUT2D eigenvalue weighted by Crippen LogP contribution is -2.50. The standard InChI is InChI=1S/C19H26N6O5S/c1-14-10-17(22-30-14)21-18(26)13-23-6-8-24(9-7-23)19(27)16-11-15(12-20-16)31(28,29)25-4-2-3-5-25/h10-12,20H,2-9,13H2,1H3,(H,21,22,26). The number of H-pyrrole nitrogens is 1. The number of piperazine rings is 1. The highest BCUT2D eigenvalue weighted by Crippen LogP contribution is 2.22. The lowest BCUT2D eigenvalue weighted by molar-refractivity contribution is -0.117. The first-order chi connectivity index (χ1) is 14.8. The molecule has 0 atom stereocenters. The summed E-state index contributed by atoms with van der Waals surface area (Å²) in [6.45, 7) is 4.94. The predicted octanol–water partition coefficient (Wildman–Crippen LogP) is 0.492. The van der Waals surface area contributed by atoms with Crippen LogP contribution in [0.1, 0.15) is 29.1 Å². The summed E-state index contributed by atoms with van der Waals surface area (Å²) in [6.07, 6.45) is 3.10. The van der Waals surface area contributed by atoms with E-state index in [1.165, 1.54) is 16.6 Å². The van der Waals surface area contributed by atoms with Crippen molar-refractivity contribution in [1.29, 1.82) is 0 Å². The van der Waals surface area contributed by atoms with Crippen molar-refractivity contribution in [3.05, 3.63) is 29.8 Å². The summed E-state index contributed by atoms with van der Waals surface area (Å²) < 4.78 is 31.7. The molecule has 31 heavy (non-hydrogen) atoms. The normalized spacial score (nSPS) is 18.4. The third-order valence-electron chi connectivity index (χ3n) is 5.51. The first-order valence-corrected chi connectivity index (χ1v) is 11.7. The monoisotopic (exact) mass is 450 g/mol. The summed E-state index contributed by atoms with van der Waals surface area (Å²) >= 11 is 0. The van der Waals surface area contributed by atoms with E-state index < -0.39 is 10.0 Å². The van der Waals surface area contributed by atoms with E-state index in [-0.39, 0.29) is 28.9 Å². The van der Waals surface area contributed by atoms with E-state index in [0.717, 1.165) is 12.8 Å². The maximum atomic E-state index is 12.8. The Kier molecular flexibility index (Phi) is 6.12. The molecule has 4 rings (SSSR count). The number of carbonyl (C=O) groups is 2. The summed E-state index contributed by atoms with van der Waals surface area (Å²) in [4.78, 5) is 31.5. The van der Waals surface area contributed by atoms with E-state index in [0.29, 0.717) is 50.8 Å². The fourth-order valence-corrected chi connectivity index (χ4v) is 5.33. The van der Waals surface area contributed by atoms with Gasteiger partial charge in [-0.05, 0) is 25.8 Å². The molecule has 11 nitrogen and oxygen atoms in total.